The molecule has 1 aliphatic heterocycles. The SMILES string of the molecule is CN1CCC(Nc2cc(C(N)=O)c(F)cc2F)C1. The van der Waals surface area contributed by atoms with Crippen LogP contribution in [0.3, 0.4) is 0 Å². The third kappa shape index (κ3) is 2.59. The first-order chi connectivity index (χ1) is 8.47. The van der Waals surface area contributed by atoms with Gasteiger partial charge in [-0.15, -0.1) is 0 Å². The van der Waals surface area contributed by atoms with Crippen LogP contribution in [0.5, 0.6) is 0 Å². The Balaban J connectivity index is 2.22. The number of hydrogen-bond donors (Lipinski definition) is 2. The van der Waals surface area contributed by atoms with Gasteiger partial charge in [-0.05, 0) is 26.1 Å². The molecule has 3 N–H and O–H groups in total. The molecule has 0 saturated carbocycles. The molecule has 1 amide bonds. The van der Waals surface area contributed by atoms with E-state index >= 15 is 0 Å². The summed E-state index contributed by atoms with van der Waals surface area (Å²) in [6.07, 6.45) is 0.874. The molecule has 1 fully saturated rings. The van der Waals surface area contributed by atoms with Crippen LogP contribution in [0.25, 0.3) is 0 Å². The number of primary amides is 1. The van der Waals surface area contributed by atoms with Crippen molar-refractivity contribution in [1.29, 1.82) is 0 Å². The Morgan fingerprint density at radius 2 is 2.17 bits per heavy atom. The van der Waals surface area contributed by atoms with Crippen LogP contribution in [0.2, 0.25) is 0 Å². The highest BCUT2D eigenvalue weighted by Crippen LogP contribution is 2.22. The van der Waals surface area contributed by atoms with Crippen molar-refractivity contribution in [2.24, 2.45) is 5.73 Å². The molecule has 1 heterocycles. The average molecular weight is 255 g/mol. The third-order valence-electron chi connectivity index (χ3n) is 3.07. The van der Waals surface area contributed by atoms with Gasteiger partial charge in [-0.3, -0.25) is 4.79 Å². The quantitative estimate of drug-likeness (QED) is 0.852. The van der Waals surface area contributed by atoms with Gasteiger partial charge in [0.25, 0.3) is 5.91 Å². The van der Waals surface area contributed by atoms with Crippen LogP contribution in [0.1, 0.15) is 16.8 Å². The zero-order valence-corrected chi connectivity index (χ0v) is 10.0. The Morgan fingerprint density at radius 3 is 2.72 bits per heavy atom. The molecule has 18 heavy (non-hydrogen) atoms. The van der Waals surface area contributed by atoms with Gasteiger partial charge in [0.15, 0.2) is 0 Å². The monoisotopic (exact) mass is 255 g/mol. The summed E-state index contributed by atoms with van der Waals surface area (Å²) in [4.78, 5) is 13.1. The Morgan fingerprint density at radius 1 is 1.44 bits per heavy atom. The second kappa shape index (κ2) is 4.89. The highest BCUT2D eigenvalue weighted by molar-refractivity contribution is 5.94. The number of benzene rings is 1. The number of likely N-dealkylation sites (N-methyl/N-ethyl adjacent to an activating group) is 1. The van der Waals surface area contributed by atoms with Crippen LogP contribution >= 0.6 is 0 Å². The van der Waals surface area contributed by atoms with Crippen molar-refractivity contribution in [3.63, 3.8) is 0 Å². The number of amides is 1. The largest absolute Gasteiger partial charge is 0.379 e. The maximum absolute atomic E-state index is 13.6. The minimum atomic E-state index is -0.936. The standard InChI is InChI=1S/C12H15F2N3O/c1-17-3-2-7(6-17)16-11-4-8(12(15)18)9(13)5-10(11)14/h4-5,7,16H,2-3,6H2,1H3,(H2,15,18). The molecule has 1 aromatic carbocycles. The van der Waals surface area contributed by atoms with Crippen molar-refractivity contribution in [2.45, 2.75) is 12.5 Å². The molecule has 1 aromatic rings. The molecule has 1 atom stereocenters. The maximum atomic E-state index is 13.6. The van der Waals surface area contributed by atoms with Crippen LogP contribution in [0.4, 0.5) is 14.5 Å². The molecule has 6 heteroatoms. The Hall–Kier alpha value is -1.69. The number of carbonyl (C=O) groups excluding carboxylic acids is 1. The van der Waals surface area contributed by atoms with E-state index in [-0.39, 0.29) is 17.3 Å². The number of nitrogens with zero attached hydrogens (tertiary/aromatic N) is 1. The normalized spacial score (nSPS) is 20.1. The van der Waals surface area contributed by atoms with Crippen LogP contribution in [0, 0.1) is 11.6 Å². The summed E-state index contributed by atoms with van der Waals surface area (Å²) >= 11 is 0. The molecule has 4 nitrogen and oxygen atoms in total. The first-order valence-electron chi connectivity index (χ1n) is 5.71. The maximum Gasteiger partial charge on any atom is 0.251 e. The average Bonchev–Trinajstić information content (AvgIpc) is 2.67. The molecule has 2 rings (SSSR count). The smallest absolute Gasteiger partial charge is 0.251 e. The fourth-order valence-corrected chi connectivity index (χ4v) is 2.12. The number of halogens is 2. The lowest BCUT2D eigenvalue weighted by Crippen LogP contribution is -2.24. The molecular formula is C12H15F2N3O. The molecule has 0 bridgehead atoms. The molecule has 0 spiro atoms. The minimum Gasteiger partial charge on any atom is -0.379 e. The fraction of sp³-hybridized carbons (Fsp3) is 0.417. The van der Waals surface area contributed by atoms with Crippen LogP contribution in [0.15, 0.2) is 12.1 Å². The lowest BCUT2D eigenvalue weighted by atomic mass is 10.1. The topological polar surface area (TPSA) is 58.4 Å². The van der Waals surface area contributed by atoms with Gasteiger partial charge in [-0.1, -0.05) is 0 Å². The van der Waals surface area contributed by atoms with Gasteiger partial charge in [0.2, 0.25) is 0 Å². The van der Waals surface area contributed by atoms with E-state index in [0.29, 0.717) is 6.07 Å². The van der Waals surface area contributed by atoms with E-state index in [9.17, 15) is 13.6 Å². The molecule has 1 aliphatic rings. The van der Waals surface area contributed by atoms with Gasteiger partial charge >= 0.3 is 0 Å². The first-order valence-corrected chi connectivity index (χ1v) is 5.71. The zero-order chi connectivity index (χ0) is 13.3. The van der Waals surface area contributed by atoms with Crippen molar-refractivity contribution in [1.82, 2.24) is 4.90 Å². The van der Waals surface area contributed by atoms with Crippen molar-refractivity contribution in [2.75, 3.05) is 25.5 Å². The van der Waals surface area contributed by atoms with Crippen LogP contribution in [-0.4, -0.2) is 37.0 Å². The lowest BCUT2D eigenvalue weighted by molar-refractivity contribution is 0.0996. The molecule has 0 aliphatic carbocycles. The summed E-state index contributed by atoms with van der Waals surface area (Å²) < 4.78 is 26.9. The highest BCUT2D eigenvalue weighted by atomic mass is 19.1. The Bertz CT molecular complexity index is 479. The number of carbonyl (C=O) groups is 1. The van der Waals surface area contributed by atoms with Gasteiger partial charge < -0.3 is 16.0 Å². The minimum absolute atomic E-state index is 0.0932. The lowest BCUT2D eigenvalue weighted by Gasteiger charge is -2.15. The number of nitrogens with one attached hydrogen (secondary N) is 1. The molecule has 0 radical (unpaired) electrons. The number of rotatable bonds is 3. The van der Waals surface area contributed by atoms with E-state index in [2.05, 4.69) is 10.2 Å². The summed E-state index contributed by atoms with van der Waals surface area (Å²) in [6.45, 7) is 1.70. The van der Waals surface area contributed by atoms with E-state index in [1.165, 1.54) is 0 Å². The second-order valence-corrected chi connectivity index (χ2v) is 4.57. The summed E-state index contributed by atoms with van der Waals surface area (Å²) in [5.41, 5.74) is 4.84. The molecule has 0 aromatic heterocycles. The summed E-state index contributed by atoms with van der Waals surface area (Å²) in [6, 6.07) is 1.91. The summed E-state index contributed by atoms with van der Waals surface area (Å²) in [5, 5.41) is 2.97. The molecule has 98 valence electrons. The van der Waals surface area contributed by atoms with Gasteiger partial charge in [0.05, 0.1) is 11.3 Å². The molecule has 1 saturated heterocycles. The van der Waals surface area contributed by atoms with E-state index < -0.39 is 17.5 Å². The second-order valence-electron chi connectivity index (χ2n) is 4.57. The first kappa shape index (κ1) is 12.8. The van der Waals surface area contributed by atoms with Gasteiger partial charge in [-0.2, -0.15) is 0 Å². The van der Waals surface area contributed by atoms with Crippen molar-refractivity contribution < 1.29 is 13.6 Å². The van der Waals surface area contributed by atoms with Crippen molar-refractivity contribution in [3.05, 3.63) is 29.3 Å². The predicted molar refractivity (Wildman–Crippen MR) is 64.4 cm³/mol. The van der Waals surface area contributed by atoms with Crippen LogP contribution in [-0.2, 0) is 0 Å². The fourth-order valence-electron chi connectivity index (χ4n) is 2.12. The summed E-state index contributed by atoms with van der Waals surface area (Å²) in [7, 11) is 1.97. The number of hydrogen-bond acceptors (Lipinski definition) is 3. The Labute approximate surface area is 104 Å². The number of anilines is 1. The predicted octanol–water partition coefficient (Wildman–Crippen LogP) is 1.18. The van der Waals surface area contributed by atoms with Crippen molar-refractivity contribution >= 4 is 11.6 Å². The van der Waals surface area contributed by atoms with E-state index in [1.54, 1.807) is 0 Å². The Kier molecular flexibility index (Phi) is 3.47. The van der Waals surface area contributed by atoms with E-state index in [0.717, 1.165) is 25.6 Å². The van der Waals surface area contributed by atoms with Crippen molar-refractivity contribution in [3.8, 4) is 0 Å². The highest BCUT2D eigenvalue weighted by Gasteiger charge is 2.21. The number of nitrogens with two attached hydrogens (primary N) is 1. The summed E-state index contributed by atoms with van der Waals surface area (Å²) in [5.74, 6) is -2.56. The zero-order valence-electron chi connectivity index (χ0n) is 10.0. The van der Waals surface area contributed by atoms with Gasteiger partial charge in [0, 0.05) is 18.7 Å². The van der Waals surface area contributed by atoms with E-state index in [4.69, 9.17) is 5.73 Å². The van der Waals surface area contributed by atoms with Gasteiger partial charge in [0.1, 0.15) is 11.6 Å². The molecule has 1 unspecified atom stereocenters. The number of likely N-dealkylation sites (tertiary alicyclic amines) is 1. The van der Waals surface area contributed by atoms with Crippen LogP contribution < -0.4 is 11.1 Å². The third-order valence-corrected chi connectivity index (χ3v) is 3.07. The van der Waals surface area contributed by atoms with E-state index in [1.807, 2.05) is 7.05 Å². The molecular weight excluding hydrogens is 240 g/mol. The van der Waals surface area contributed by atoms with Gasteiger partial charge in [-0.25, -0.2) is 8.78 Å².